The fourth-order valence-corrected chi connectivity index (χ4v) is 2.47. The van der Waals surface area contributed by atoms with Crippen LogP contribution in [-0.2, 0) is 23.8 Å². The van der Waals surface area contributed by atoms with Crippen molar-refractivity contribution >= 4 is 22.4 Å². The molecule has 0 fully saturated rings. The van der Waals surface area contributed by atoms with Gasteiger partial charge in [0.15, 0.2) is 0 Å². The Morgan fingerprint density at radius 1 is 1.39 bits per heavy atom. The summed E-state index contributed by atoms with van der Waals surface area (Å²) in [5, 5.41) is 0.127. The largest absolute Gasteiger partial charge is 0.329 e. The van der Waals surface area contributed by atoms with Crippen LogP contribution >= 0.6 is 11.6 Å². The second-order valence-electron chi connectivity index (χ2n) is 4.06. The fraction of sp³-hybridized carbons (Fsp3) is 0.636. The summed E-state index contributed by atoms with van der Waals surface area (Å²) in [6.45, 7) is 2.20. The Kier molecular flexibility index (Phi) is 5.81. The summed E-state index contributed by atoms with van der Waals surface area (Å²) in [5.74, 6) is 0.470. The average molecular weight is 293 g/mol. The van der Waals surface area contributed by atoms with Gasteiger partial charge in [0.1, 0.15) is 5.15 Å². The van der Waals surface area contributed by atoms with Gasteiger partial charge in [-0.2, -0.15) is 0 Å². The molecule has 1 aromatic rings. The highest BCUT2D eigenvalue weighted by Gasteiger charge is 2.11. The van der Waals surface area contributed by atoms with Gasteiger partial charge in [-0.25, -0.2) is 4.79 Å². The molecule has 5 nitrogen and oxygen atoms in total. The summed E-state index contributed by atoms with van der Waals surface area (Å²) >= 11 is 5.85. The van der Waals surface area contributed by atoms with Crippen molar-refractivity contribution in [3.8, 4) is 0 Å². The SMILES string of the molecule is CCCc1c(Cl)[nH]c(=O)n(CCCS(C)=O)c1=O. The molecule has 1 atom stereocenters. The zero-order valence-electron chi connectivity index (χ0n) is 10.5. The molecule has 0 aliphatic rings. The van der Waals surface area contributed by atoms with Crippen molar-refractivity contribution in [3.05, 3.63) is 31.6 Å². The molecule has 7 heteroatoms. The number of hydrogen-bond acceptors (Lipinski definition) is 3. The molecule has 18 heavy (non-hydrogen) atoms. The van der Waals surface area contributed by atoms with Gasteiger partial charge in [-0.05, 0) is 12.8 Å². The Bertz CT molecular complexity index is 550. The zero-order valence-corrected chi connectivity index (χ0v) is 12.1. The normalized spacial score (nSPS) is 12.6. The standard InChI is InChI=1S/C11H17ClN2O3S/c1-3-5-8-9(12)13-11(16)14(10(8)15)6-4-7-18(2)17/h3-7H2,1-2H3,(H,13,16). The first kappa shape index (κ1) is 15.2. The molecule has 0 spiro atoms. The number of H-pyrrole nitrogens is 1. The van der Waals surface area contributed by atoms with Gasteiger partial charge >= 0.3 is 5.69 Å². The summed E-state index contributed by atoms with van der Waals surface area (Å²) in [6, 6.07) is 0. The van der Waals surface area contributed by atoms with Gasteiger partial charge in [0.05, 0.1) is 5.56 Å². The van der Waals surface area contributed by atoms with Crippen LogP contribution in [0.25, 0.3) is 0 Å². The quantitative estimate of drug-likeness (QED) is 0.792. The minimum Gasteiger partial charge on any atom is -0.297 e. The van der Waals surface area contributed by atoms with Crippen molar-refractivity contribution in [1.82, 2.24) is 9.55 Å². The Balaban J connectivity index is 3.04. The van der Waals surface area contributed by atoms with E-state index in [9.17, 15) is 13.8 Å². The van der Waals surface area contributed by atoms with Crippen LogP contribution in [0.15, 0.2) is 9.59 Å². The maximum absolute atomic E-state index is 12.1. The van der Waals surface area contributed by atoms with Crippen molar-refractivity contribution < 1.29 is 4.21 Å². The first-order valence-electron chi connectivity index (χ1n) is 5.78. The summed E-state index contributed by atoms with van der Waals surface area (Å²) in [4.78, 5) is 26.2. The predicted molar refractivity (Wildman–Crippen MR) is 73.9 cm³/mol. The van der Waals surface area contributed by atoms with Crippen LogP contribution in [0.2, 0.25) is 5.15 Å². The lowest BCUT2D eigenvalue weighted by Gasteiger charge is -2.07. The van der Waals surface area contributed by atoms with Gasteiger partial charge in [-0.3, -0.25) is 18.6 Å². The Morgan fingerprint density at radius 2 is 2.06 bits per heavy atom. The molecule has 0 amide bonds. The van der Waals surface area contributed by atoms with E-state index in [0.29, 0.717) is 24.2 Å². The number of aromatic nitrogens is 2. The van der Waals surface area contributed by atoms with Crippen molar-refractivity contribution in [2.75, 3.05) is 12.0 Å². The monoisotopic (exact) mass is 292 g/mol. The molecular weight excluding hydrogens is 276 g/mol. The van der Waals surface area contributed by atoms with Crippen LogP contribution in [0, 0.1) is 0 Å². The second kappa shape index (κ2) is 6.89. The molecule has 0 radical (unpaired) electrons. The lowest BCUT2D eigenvalue weighted by molar-refractivity contribution is 0.604. The minimum absolute atomic E-state index is 0.127. The van der Waals surface area contributed by atoms with Crippen molar-refractivity contribution in [2.45, 2.75) is 32.7 Å². The fourth-order valence-electron chi connectivity index (χ4n) is 1.68. The highest BCUT2D eigenvalue weighted by atomic mass is 35.5. The van der Waals surface area contributed by atoms with E-state index in [1.54, 1.807) is 6.26 Å². The van der Waals surface area contributed by atoms with Crippen LogP contribution in [-0.4, -0.2) is 25.8 Å². The molecule has 1 aromatic heterocycles. The molecule has 0 bridgehead atoms. The van der Waals surface area contributed by atoms with Crippen molar-refractivity contribution in [2.24, 2.45) is 0 Å². The number of nitrogens with zero attached hydrogens (tertiary/aromatic N) is 1. The molecule has 1 heterocycles. The Hall–Kier alpha value is -0.880. The highest BCUT2D eigenvalue weighted by molar-refractivity contribution is 7.84. The Labute approximate surface area is 113 Å². The molecule has 0 aromatic carbocycles. The summed E-state index contributed by atoms with van der Waals surface area (Å²) < 4.78 is 12.1. The van der Waals surface area contributed by atoms with Gasteiger partial charge in [-0.15, -0.1) is 0 Å². The molecule has 0 saturated carbocycles. The molecular formula is C11H17ClN2O3S. The smallest absolute Gasteiger partial charge is 0.297 e. The van der Waals surface area contributed by atoms with Crippen LogP contribution < -0.4 is 11.2 Å². The first-order valence-corrected chi connectivity index (χ1v) is 7.89. The number of rotatable bonds is 6. The predicted octanol–water partition coefficient (Wildman–Crippen LogP) is 0.911. The number of halogens is 1. The van der Waals surface area contributed by atoms with E-state index in [2.05, 4.69) is 4.98 Å². The zero-order chi connectivity index (χ0) is 13.7. The van der Waals surface area contributed by atoms with E-state index < -0.39 is 16.5 Å². The summed E-state index contributed by atoms with van der Waals surface area (Å²) in [6.07, 6.45) is 3.44. The molecule has 0 aliphatic heterocycles. The van der Waals surface area contributed by atoms with E-state index in [4.69, 9.17) is 11.6 Å². The maximum atomic E-state index is 12.1. The minimum atomic E-state index is -0.919. The molecule has 102 valence electrons. The molecule has 1 N–H and O–H groups in total. The van der Waals surface area contributed by atoms with Crippen LogP contribution in [0.1, 0.15) is 25.3 Å². The number of hydrogen-bond donors (Lipinski definition) is 1. The van der Waals surface area contributed by atoms with E-state index in [0.717, 1.165) is 11.0 Å². The highest BCUT2D eigenvalue weighted by Crippen LogP contribution is 2.07. The van der Waals surface area contributed by atoms with Gasteiger partial charge in [-0.1, -0.05) is 24.9 Å². The molecule has 0 saturated heterocycles. The second-order valence-corrected chi connectivity index (χ2v) is 5.99. The number of aromatic amines is 1. The summed E-state index contributed by atoms with van der Waals surface area (Å²) in [7, 11) is -0.919. The third-order valence-electron chi connectivity index (χ3n) is 2.54. The van der Waals surface area contributed by atoms with Gasteiger partial charge in [0.2, 0.25) is 0 Å². The topological polar surface area (TPSA) is 71.9 Å². The maximum Gasteiger partial charge on any atom is 0.329 e. The third kappa shape index (κ3) is 3.81. The van der Waals surface area contributed by atoms with Gasteiger partial charge in [0.25, 0.3) is 5.56 Å². The third-order valence-corrected chi connectivity index (χ3v) is 3.73. The molecule has 1 rings (SSSR count). The number of nitrogens with one attached hydrogen (secondary N) is 1. The molecule has 1 unspecified atom stereocenters. The lowest BCUT2D eigenvalue weighted by atomic mass is 10.2. The van der Waals surface area contributed by atoms with Crippen LogP contribution in [0.3, 0.4) is 0 Å². The van der Waals surface area contributed by atoms with Crippen LogP contribution in [0.5, 0.6) is 0 Å². The lowest BCUT2D eigenvalue weighted by Crippen LogP contribution is -2.37. The van der Waals surface area contributed by atoms with E-state index in [1.165, 1.54) is 0 Å². The molecule has 0 aliphatic carbocycles. The average Bonchev–Trinajstić information content (AvgIpc) is 2.28. The van der Waals surface area contributed by atoms with Gasteiger partial charge < -0.3 is 0 Å². The van der Waals surface area contributed by atoms with Crippen molar-refractivity contribution in [1.29, 1.82) is 0 Å². The van der Waals surface area contributed by atoms with E-state index >= 15 is 0 Å². The van der Waals surface area contributed by atoms with E-state index in [1.807, 2.05) is 6.92 Å². The Morgan fingerprint density at radius 3 is 2.61 bits per heavy atom. The van der Waals surface area contributed by atoms with Gasteiger partial charge in [0, 0.05) is 29.4 Å². The van der Waals surface area contributed by atoms with Crippen molar-refractivity contribution in [3.63, 3.8) is 0 Å². The summed E-state index contributed by atoms with van der Waals surface area (Å²) in [5.41, 5.74) is -0.407. The first-order chi connectivity index (χ1) is 8.47. The van der Waals surface area contributed by atoms with E-state index in [-0.39, 0.29) is 17.3 Å². The van der Waals surface area contributed by atoms with Crippen LogP contribution in [0.4, 0.5) is 0 Å².